The lowest BCUT2D eigenvalue weighted by atomic mass is 9.97. The Morgan fingerprint density at radius 3 is 2.95 bits per heavy atom. The molecular weight excluding hydrogens is 325 g/mol. The summed E-state index contributed by atoms with van der Waals surface area (Å²) in [5.41, 5.74) is 0. The minimum atomic E-state index is -0.345. The van der Waals surface area contributed by atoms with E-state index in [1.54, 1.807) is 6.20 Å². The van der Waals surface area contributed by atoms with E-state index in [4.69, 9.17) is 0 Å². The number of amides is 1. The van der Waals surface area contributed by atoms with Crippen molar-refractivity contribution in [3.8, 4) is 0 Å². The van der Waals surface area contributed by atoms with Gasteiger partial charge in [-0.25, -0.2) is 9.37 Å². The molecule has 1 atom stereocenters. The molecule has 1 aromatic heterocycles. The highest BCUT2D eigenvalue weighted by molar-refractivity contribution is 9.10. The molecule has 6 heteroatoms. The van der Waals surface area contributed by atoms with Gasteiger partial charge in [0, 0.05) is 29.8 Å². The van der Waals surface area contributed by atoms with Crippen LogP contribution in [0.25, 0.3) is 0 Å². The number of carbonyl (C=O) groups is 1. The standard InChI is InChI=1S/C14H17BrFN3O/c15-10-6-12(16)13(17-7-10)19-5-1-2-9(8-19)14(20)18-11-3-4-11/h6-7,9,11H,1-5,8H2,(H,18,20). The first kappa shape index (κ1) is 13.8. The molecule has 0 spiro atoms. The molecule has 1 N–H and O–H groups in total. The molecule has 20 heavy (non-hydrogen) atoms. The number of pyridine rings is 1. The van der Waals surface area contributed by atoms with Crippen molar-refractivity contribution in [3.63, 3.8) is 0 Å². The lowest BCUT2D eigenvalue weighted by Gasteiger charge is -2.33. The maximum Gasteiger partial charge on any atom is 0.225 e. The maximum atomic E-state index is 13.9. The van der Waals surface area contributed by atoms with Gasteiger partial charge in [0.05, 0.1) is 5.92 Å². The van der Waals surface area contributed by atoms with Crippen molar-refractivity contribution in [2.24, 2.45) is 5.92 Å². The predicted molar refractivity (Wildman–Crippen MR) is 78.0 cm³/mol. The maximum absolute atomic E-state index is 13.9. The van der Waals surface area contributed by atoms with E-state index in [9.17, 15) is 9.18 Å². The molecule has 2 fully saturated rings. The molecule has 1 aliphatic carbocycles. The molecule has 1 amide bonds. The number of rotatable bonds is 3. The van der Waals surface area contributed by atoms with Gasteiger partial charge in [-0.2, -0.15) is 0 Å². The first-order valence-corrected chi connectivity index (χ1v) is 7.79. The number of aromatic nitrogens is 1. The topological polar surface area (TPSA) is 45.2 Å². The summed E-state index contributed by atoms with van der Waals surface area (Å²) in [4.78, 5) is 18.1. The largest absolute Gasteiger partial charge is 0.353 e. The molecule has 2 heterocycles. The van der Waals surface area contributed by atoms with E-state index in [0.717, 1.165) is 32.2 Å². The van der Waals surface area contributed by atoms with Gasteiger partial charge in [-0.3, -0.25) is 4.79 Å². The molecule has 1 unspecified atom stereocenters. The van der Waals surface area contributed by atoms with E-state index in [1.807, 2.05) is 4.90 Å². The summed E-state index contributed by atoms with van der Waals surface area (Å²) in [5, 5.41) is 3.03. The zero-order chi connectivity index (χ0) is 14.1. The van der Waals surface area contributed by atoms with Crippen molar-refractivity contribution in [3.05, 3.63) is 22.6 Å². The summed E-state index contributed by atoms with van der Waals surface area (Å²) < 4.78 is 14.6. The van der Waals surface area contributed by atoms with Crippen LogP contribution in [0.3, 0.4) is 0 Å². The number of hydrogen-bond donors (Lipinski definition) is 1. The van der Waals surface area contributed by atoms with Gasteiger partial charge in [-0.1, -0.05) is 0 Å². The fourth-order valence-electron chi connectivity index (χ4n) is 2.57. The molecule has 1 aliphatic heterocycles. The first-order chi connectivity index (χ1) is 9.63. The Bertz CT molecular complexity index is 521. The Hall–Kier alpha value is -1.17. The Morgan fingerprint density at radius 2 is 2.25 bits per heavy atom. The summed E-state index contributed by atoms with van der Waals surface area (Å²) in [6.45, 7) is 1.29. The number of piperidine rings is 1. The molecule has 1 saturated heterocycles. The normalized spacial score (nSPS) is 22.7. The molecule has 108 valence electrons. The molecule has 0 aromatic carbocycles. The van der Waals surface area contributed by atoms with E-state index in [1.165, 1.54) is 6.07 Å². The lowest BCUT2D eigenvalue weighted by Crippen LogP contribution is -2.44. The summed E-state index contributed by atoms with van der Waals surface area (Å²) in [6, 6.07) is 1.79. The molecule has 0 radical (unpaired) electrons. The van der Waals surface area contributed by atoms with Crippen LogP contribution in [0.2, 0.25) is 0 Å². The SMILES string of the molecule is O=C(NC1CC1)C1CCCN(c2ncc(Br)cc2F)C1. The minimum absolute atomic E-state index is 0.0609. The summed E-state index contributed by atoms with van der Waals surface area (Å²) in [5.74, 6) is 0.0451. The smallest absolute Gasteiger partial charge is 0.225 e. The van der Waals surface area contributed by atoms with Crippen LogP contribution >= 0.6 is 15.9 Å². The monoisotopic (exact) mass is 341 g/mol. The Morgan fingerprint density at radius 1 is 1.45 bits per heavy atom. The average Bonchev–Trinajstić information content (AvgIpc) is 3.23. The van der Waals surface area contributed by atoms with Crippen molar-refractivity contribution in [1.82, 2.24) is 10.3 Å². The van der Waals surface area contributed by atoms with Gasteiger partial charge in [0.25, 0.3) is 0 Å². The number of nitrogens with zero attached hydrogens (tertiary/aromatic N) is 2. The minimum Gasteiger partial charge on any atom is -0.353 e. The van der Waals surface area contributed by atoms with Gasteiger partial charge < -0.3 is 10.2 Å². The van der Waals surface area contributed by atoms with E-state index < -0.39 is 0 Å². The Labute approximate surface area is 125 Å². The van der Waals surface area contributed by atoms with Crippen molar-refractivity contribution >= 4 is 27.7 Å². The van der Waals surface area contributed by atoms with Gasteiger partial charge in [0.2, 0.25) is 5.91 Å². The fraction of sp³-hybridized carbons (Fsp3) is 0.571. The van der Waals surface area contributed by atoms with Crippen LogP contribution in [-0.4, -0.2) is 30.0 Å². The summed E-state index contributed by atoms with van der Waals surface area (Å²) in [6.07, 6.45) is 5.52. The number of nitrogens with one attached hydrogen (secondary N) is 1. The Kier molecular flexibility index (Phi) is 3.92. The highest BCUT2D eigenvalue weighted by atomic mass is 79.9. The zero-order valence-corrected chi connectivity index (χ0v) is 12.7. The van der Waals surface area contributed by atoms with Crippen LogP contribution in [0.15, 0.2) is 16.7 Å². The highest BCUT2D eigenvalue weighted by Gasteiger charge is 2.31. The van der Waals surface area contributed by atoms with Crippen LogP contribution in [0.4, 0.5) is 10.2 Å². The van der Waals surface area contributed by atoms with Crippen LogP contribution < -0.4 is 10.2 Å². The van der Waals surface area contributed by atoms with Crippen LogP contribution in [0.1, 0.15) is 25.7 Å². The molecule has 0 bridgehead atoms. The van der Waals surface area contributed by atoms with Gasteiger partial charge in [0.15, 0.2) is 11.6 Å². The number of halogens is 2. The van der Waals surface area contributed by atoms with Crippen molar-refractivity contribution in [1.29, 1.82) is 0 Å². The van der Waals surface area contributed by atoms with Gasteiger partial charge in [-0.05, 0) is 47.7 Å². The number of hydrogen-bond acceptors (Lipinski definition) is 3. The summed E-state index contributed by atoms with van der Waals surface area (Å²) in [7, 11) is 0. The molecule has 1 aromatic rings. The summed E-state index contributed by atoms with van der Waals surface area (Å²) >= 11 is 3.20. The number of carbonyl (C=O) groups excluding carboxylic acids is 1. The van der Waals surface area contributed by atoms with E-state index in [-0.39, 0.29) is 17.6 Å². The van der Waals surface area contributed by atoms with Crippen LogP contribution in [-0.2, 0) is 4.79 Å². The lowest BCUT2D eigenvalue weighted by molar-refractivity contribution is -0.125. The molecular formula is C14H17BrFN3O. The number of anilines is 1. The van der Waals surface area contributed by atoms with Crippen LogP contribution in [0, 0.1) is 11.7 Å². The van der Waals surface area contributed by atoms with Crippen molar-refractivity contribution in [2.75, 3.05) is 18.0 Å². The highest BCUT2D eigenvalue weighted by Crippen LogP contribution is 2.26. The van der Waals surface area contributed by atoms with E-state index in [2.05, 4.69) is 26.2 Å². The predicted octanol–water partition coefficient (Wildman–Crippen LogP) is 2.48. The van der Waals surface area contributed by atoms with Gasteiger partial charge in [0.1, 0.15) is 0 Å². The molecule has 3 rings (SSSR count). The third-order valence-corrected chi connectivity index (χ3v) is 4.24. The quantitative estimate of drug-likeness (QED) is 0.918. The van der Waals surface area contributed by atoms with E-state index >= 15 is 0 Å². The first-order valence-electron chi connectivity index (χ1n) is 7.00. The average molecular weight is 342 g/mol. The van der Waals surface area contributed by atoms with E-state index in [0.29, 0.717) is 22.9 Å². The van der Waals surface area contributed by atoms with Gasteiger partial charge >= 0.3 is 0 Å². The molecule has 4 nitrogen and oxygen atoms in total. The fourth-order valence-corrected chi connectivity index (χ4v) is 2.87. The Balaban J connectivity index is 1.69. The molecule has 1 saturated carbocycles. The molecule has 2 aliphatic rings. The third kappa shape index (κ3) is 3.11. The second kappa shape index (κ2) is 5.68. The van der Waals surface area contributed by atoms with Crippen molar-refractivity contribution < 1.29 is 9.18 Å². The zero-order valence-electron chi connectivity index (χ0n) is 11.1. The van der Waals surface area contributed by atoms with Gasteiger partial charge in [-0.15, -0.1) is 0 Å². The third-order valence-electron chi connectivity index (χ3n) is 3.80. The van der Waals surface area contributed by atoms with Crippen molar-refractivity contribution in [2.45, 2.75) is 31.7 Å². The van der Waals surface area contributed by atoms with Crippen LogP contribution in [0.5, 0.6) is 0 Å². The second-order valence-corrected chi connectivity index (χ2v) is 6.44. The second-order valence-electron chi connectivity index (χ2n) is 5.53.